The minimum absolute atomic E-state index is 0.0113. The van der Waals surface area contributed by atoms with Gasteiger partial charge in [0, 0.05) is 17.4 Å². The first-order valence-electron chi connectivity index (χ1n) is 7.43. The summed E-state index contributed by atoms with van der Waals surface area (Å²) >= 11 is 4.83. The average Bonchev–Trinajstić information content (AvgIpc) is 3.06. The lowest BCUT2D eigenvalue weighted by atomic mass is 10.1. The molecule has 2 aromatic rings. The molecule has 0 aliphatic carbocycles. The van der Waals surface area contributed by atoms with Gasteiger partial charge < -0.3 is 10.6 Å². The van der Waals surface area contributed by atoms with E-state index in [1.807, 2.05) is 42.6 Å². The predicted octanol–water partition coefficient (Wildman–Crippen LogP) is 3.90. The standard InChI is InChI=1S/C17H19BrN2O2S/c1-12(13-5-2-6-14(18)11-13)20-16(21)8-3-9-19-17(22)15-7-4-10-23-15/h2,4-7,10-12H,3,8-9H2,1H3,(H,19,22)(H,20,21). The fraction of sp³-hybridized carbons (Fsp3) is 0.294. The number of thiophene rings is 1. The van der Waals surface area contributed by atoms with Gasteiger partial charge in [-0.3, -0.25) is 9.59 Å². The molecule has 1 unspecified atom stereocenters. The van der Waals surface area contributed by atoms with Crippen LogP contribution in [0.1, 0.15) is 41.0 Å². The van der Waals surface area contributed by atoms with E-state index in [1.165, 1.54) is 11.3 Å². The van der Waals surface area contributed by atoms with Gasteiger partial charge in [0.05, 0.1) is 10.9 Å². The van der Waals surface area contributed by atoms with E-state index in [0.717, 1.165) is 10.0 Å². The van der Waals surface area contributed by atoms with Crippen LogP contribution in [0.4, 0.5) is 0 Å². The Balaban J connectivity index is 1.68. The highest BCUT2D eigenvalue weighted by molar-refractivity contribution is 9.10. The molecule has 0 radical (unpaired) electrons. The monoisotopic (exact) mass is 394 g/mol. The van der Waals surface area contributed by atoms with E-state index in [-0.39, 0.29) is 17.9 Å². The van der Waals surface area contributed by atoms with Crippen molar-refractivity contribution in [3.8, 4) is 0 Å². The van der Waals surface area contributed by atoms with Crippen molar-refractivity contribution in [1.29, 1.82) is 0 Å². The van der Waals surface area contributed by atoms with E-state index in [2.05, 4.69) is 26.6 Å². The molecular formula is C17H19BrN2O2S. The van der Waals surface area contributed by atoms with Crippen LogP contribution in [-0.4, -0.2) is 18.4 Å². The molecule has 0 aliphatic rings. The molecule has 0 saturated carbocycles. The molecule has 1 heterocycles. The van der Waals surface area contributed by atoms with Gasteiger partial charge in [0.1, 0.15) is 0 Å². The molecule has 122 valence electrons. The van der Waals surface area contributed by atoms with Crippen LogP contribution < -0.4 is 10.6 Å². The third kappa shape index (κ3) is 5.80. The summed E-state index contributed by atoms with van der Waals surface area (Å²) < 4.78 is 0.993. The number of hydrogen-bond donors (Lipinski definition) is 2. The largest absolute Gasteiger partial charge is 0.351 e. The summed E-state index contributed by atoms with van der Waals surface area (Å²) in [6.07, 6.45) is 1.01. The van der Waals surface area contributed by atoms with Crippen LogP contribution in [0, 0.1) is 0 Å². The van der Waals surface area contributed by atoms with Crippen LogP contribution in [0.2, 0.25) is 0 Å². The number of hydrogen-bond acceptors (Lipinski definition) is 3. The average molecular weight is 395 g/mol. The van der Waals surface area contributed by atoms with Crippen LogP contribution in [0.3, 0.4) is 0 Å². The minimum atomic E-state index is -0.0806. The Kier molecular flexibility index (Phi) is 6.80. The van der Waals surface area contributed by atoms with Crippen molar-refractivity contribution in [3.63, 3.8) is 0 Å². The van der Waals surface area contributed by atoms with Crippen LogP contribution in [0.25, 0.3) is 0 Å². The minimum Gasteiger partial charge on any atom is -0.351 e. The highest BCUT2D eigenvalue weighted by Crippen LogP contribution is 2.17. The topological polar surface area (TPSA) is 58.2 Å². The van der Waals surface area contributed by atoms with Gasteiger partial charge in [0.15, 0.2) is 0 Å². The number of amides is 2. The molecule has 2 N–H and O–H groups in total. The lowest BCUT2D eigenvalue weighted by Gasteiger charge is -2.14. The fourth-order valence-electron chi connectivity index (χ4n) is 2.12. The second-order valence-corrected chi connectivity index (χ2v) is 7.04. The Bertz CT molecular complexity index is 658. The summed E-state index contributed by atoms with van der Waals surface area (Å²) in [4.78, 5) is 24.4. The number of benzene rings is 1. The van der Waals surface area contributed by atoms with Crippen molar-refractivity contribution >= 4 is 39.1 Å². The highest BCUT2D eigenvalue weighted by atomic mass is 79.9. The second-order valence-electron chi connectivity index (χ2n) is 5.18. The van der Waals surface area contributed by atoms with Crippen molar-refractivity contribution < 1.29 is 9.59 Å². The molecule has 2 amide bonds. The van der Waals surface area contributed by atoms with Crippen LogP contribution >= 0.6 is 27.3 Å². The molecule has 23 heavy (non-hydrogen) atoms. The summed E-state index contributed by atoms with van der Waals surface area (Å²) in [6.45, 7) is 2.45. The zero-order chi connectivity index (χ0) is 16.7. The summed E-state index contributed by atoms with van der Waals surface area (Å²) in [5.41, 5.74) is 1.05. The Labute approximate surface area is 148 Å². The molecule has 2 rings (SSSR count). The molecule has 0 fully saturated rings. The highest BCUT2D eigenvalue weighted by Gasteiger charge is 2.10. The fourth-order valence-corrected chi connectivity index (χ4v) is 3.18. The van der Waals surface area contributed by atoms with Gasteiger partial charge in [-0.15, -0.1) is 11.3 Å². The van der Waals surface area contributed by atoms with E-state index in [4.69, 9.17) is 0 Å². The number of carbonyl (C=O) groups excluding carboxylic acids is 2. The number of rotatable bonds is 7. The zero-order valence-corrected chi connectivity index (χ0v) is 15.2. The molecule has 1 atom stereocenters. The van der Waals surface area contributed by atoms with Gasteiger partial charge >= 0.3 is 0 Å². The van der Waals surface area contributed by atoms with Gasteiger partial charge in [0.2, 0.25) is 5.91 Å². The van der Waals surface area contributed by atoms with Crippen molar-refractivity contribution in [2.75, 3.05) is 6.54 Å². The van der Waals surface area contributed by atoms with Gasteiger partial charge in [-0.1, -0.05) is 34.1 Å². The third-order valence-corrected chi connectivity index (χ3v) is 4.70. The summed E-state index contributed by atoms with van der Waals surface area (Å²) in [6, 6.07) is 11.5. The lowest BCUT2D eigenvalue weighted by Crippen LogP contribution is -2.28. The van der Waals surface area contributed by atoms with Crippen molar-refractivity contribution in [2.24, 2.45) is 0 Å². The summed E-state index contributed by atoms with van der Waals surface area (Å²) in [5.74, 6) is -0.0919. The van der Waals surface area contributed by atoms with E-state index in [1.54, 1.807) is 6.07 Å². The van der Waals surface area contributed by atoms with Crippen molar-refractivity contribution in [1.82, 2.24) is 10.6 Å². The van der Waals surface area contributed by atoms with E-state index >= 15 is 0 Å². The maximum absolute atomic E-state index is 12.0. The molecule has 1 aromatic heterocycles. The molecule has 0 aliphatic heterocycles. The molecule has 0 bridgehead atoms. The Morgan fingerprint density at radius 1 is 1.26 bits per heavy atom. The smallest absolute Gasteiger partial charge is 0.261 e. The van der Waals surface area contributed by atoms with Gasteiger partial charge in [-0.2, -0.15) is 0 Å². The molecule has 0 saturated heterocycles. The van der Waals surface area contributed by atoms with Gasteiger partial charge in [-0.25, -0.2) is 0 Å². The Morgan fingerprint density at radius 3 is 2.78 bits per heavy atom. The first-order valence-corrected chi connectivity index (χ1v) is 9.10. The normalized spacial score (nSPS) is 11.7. The number of halogens is 1. The molecule has 0 spiro atoms. The van der Waals surface area contributed by atoms with E-state index in [9.17, 15) is 9.59 Å². The quantitative estimate of drug-likeness (QED) is 0.699. The SMILES string of the molecule is CC(NC(=O)CCCNC(=O)c1cccs1)c1cccc(Br)c1. The van der Waals surface area contributed by atoms with E-state index in [0.29, 0.717) is 24.3 Å². The second kappa shape index (κ2) is 8.84. The molecule has 1 aromatic carbocycles. The summed E-state index contributed by atoms with van der Waals surface area (Å²) in [5, 5.41) is 7.65. The predicted molar refractivity (Wildman–Crippen MR) is 96.6 cm³/mol. The number of carbonyl (C=O) groups is 2. The van der Waals surface area contributed by atoms with Gasteiger partial charge in [0.25, 0.3) is 5.91 Å². The van der Waals surface area contributed by atoms with Crippen LogP contribution in [-0.2, 0) is 4.79 Å². The van der Waals surface area contributed by atoms with E-state index < -0.39 is 0 Å². The zero-order valence-electron chi connectivity index (χ0n) is 12.8. The molecular weight excluding hydrogens is 376 g/mol. The molecule has 4 nitrogen and oxygen atoms in total. The third-order valence-electron chi connectivity index (χ3n) is 3.34. The Morgan fingerprint density at radius 2 is 2.09 bits per heavy atom. The van der Waals surface area contributed by atoms with Crippen LogP contribution in [0.5, 0.6) is 0 Å². The maximum Gasteiger partial charge on any atom is 0.261 e. The van der Waals surface area contributed by atoms with Crippen molar-refractivity contribution in [2.45, 2.75) is 25.8 Å². The first kappa shape index (κ1) is 17.7. The van der Waals surface area contributed by atoms with Crippen molar-refractivity contribution in [3.05, 3.63) is 56.7 Å². The summed E-state index contributed by atoms with van der Waals surface area (Å²) in [7, 11) is 0. The van der Waals surface area contributed by atoms with Gasteiger partial charge in [-0.05, 0) is 42.5 Å². The first-order chi connectivity index (χ1) is 11.1. The Hall–Kier alpha value is -1.66. The molecule has 6 heteroatoms. The lowest BCUT2D eigenvalue weighted by molar-refractivity contribution is -0.121. The number of nitrogens with one attached hydrogen (secondary N) is 2. The maximum atomic E-state index is 12.0. The van der Waals surface area contributed by atoms with Crippen LogP contribution in [0.15, 0.2) is 46.3 Å².